The summed E-state index contributed by atoms with van der Waals surface area (Å²) in [6.07, 6.45) is 32.6. The fourth-order valence-corrected chi connectivity index (χ4v) is 1.92. The van der Waals surface area contributed by atoms with E-state index in [4.69, 9.17) is 5.11 Å². The van der Waals surface area contributed by atoms with Gasteiger partial charge in [0.05, 0.1) is 0 Å². The molecule has 1 N–H and O–H groups in total. The van der Waals surface area contributed by atoms with Crippen molar-refractivity contribution >= 4 is 5.97 Å². The quantitative estimate of drug-likeness (QED) is 0.175. The number of hydrogen-bond acceptors (Lipinski definition) is 1. The summed E-state index contributed by atoms with van der Waals surface area (Å²) in [5, 5.41) is 8.58. The second kappa shape index (κ2) is 18.0. The minimum absolute atomic E-state index is 0.733. The molecule has 0 spiro atoms. The lowest BCUT2D eigenvalue weighted by molar-refractivity contribution is -0.131. The fraction of sp³-hybridized carbons (Fsp3) is 0.348. The van der Waals surface area contributed by atoms with Crippen LogP contribution < -0.4 is 0 Å². The van der Waals surface area contributed by atoms with Crippen LogP contribution in [-0.2, 0) is 4.79 Å². The number of rotatable bonds is 13. The second-order valence-electron chi connectivity index (χ2n) is 5.59. The lowest BCUT2D eigenvalue weighted by Crippen LogP contribution is -1.87. The molecule has 0 atom stereocenters. The molecule has 0 saturated heterocycles. The SMILES string of the molecule is CC/C=C\CC=CCC=CC/C=C\CC/C=C/C=C/C(C)=C/C(=O)O. The molecule has 0 saturated carbocycles. The van der Waals surface area contributed by atoms with E-state index in [9.17, 15) is 4.79 Å². The van der Waals surface area contributed by atoms with E-state index in [1.54, 1.807) is 13.0 Å². The zero-order chi connectivity index (χ0) is 18.6. The van der Waals surface area contributed by atoms with Gasteiger partial charge in [0, 0.05) is 6.08 Å². The van der Waals surface area contributed by atoms with Crippen LogP contribution >= 0.6 is 0 Å². The highest BCUT2D eigenvalue weighted by molar-refractivity contribution is 5.81. The molecule has 0 amide bonds. The smallest absolute Gasteiger partial charge is 0.328 e. The van der Waals surface area contributed by atoms with E-state index in [1.807, 2.05) is 12.2 Å². The van der Waals surface area contributed by atoms with Crippen LogP contribution in [0.25, 0.3) is 0 Å². The van der Waals surface area contributed by atoms with E-state index >= 15 is 0 Å². The third kappa shape index (κ3) is 19.6. The van der Waals surface area contributed by atoms with Crippen molar-refractivity contribution in [1.29, 1.82) is 0 Å². The Morgan fingerprint density at radius 3 is 1.84 bits per heavy atom. The van der Waals surface area contributed by atoms with Crippen LogP contribution in [0.3, 0.4) is 0 Å². The number of carboxylic acids is 1. The molecule has 0 aliphatic rings. The molecule has 0 aromatic rings. The third-order valence-electron chi connectivity index (χ3n) is 3.18. The Bertz CT molecular complexity index is 540. The first kappa shape index (κ1) is 22.6. The number of carboxylic acid groups (broad SMARTS) is 1. The fourth-order valence-electron chi connectivity index (χ4n) is 1.92. The van der Waals surface area contributed by atoms with Crippen LogP contribution in [0.2, 0.25) is 0 Å². The van der Waals surface area contributed by atoms with Crippen molar-refractivity contribution in [3.63, 3.8) is 0 Å². The van der Waals surface area contributed by atoms with Gasteiger partial charge in [-0.1, -0.05) is 79.8 Å². The summed E-state index contributed by atoms with van der Waals surface area (Å²) in [7, 11) is 0. The van der Waals surface area contributed by atoms with E-state index in [0.717, 1.165) is 44.1 Å². The molecule has 25 heavy (non-hydrogen) atoms. The van der Waals surface area contributed by atoms with Gasteiger partial charge in [0.2, 0.25) is 0 Å². The first-order chi connectivity index (χ1) is 12.2. The molecule has 136 valence electrons. The Morgan fingerprint density at radius 2 is 1.28 bits per heavy atom. The third-order valence-corrected chi connectivity index (χ3v) is 3.18. The van der Waals surface area contributed by atoms with Crippen LogP contribution in [0.1, 0.15) is 52.4 Å². The summed E-state index contributed by atoms with van der Waals surface area (Å²) in [5.74, 6) is -0.912. The summed E-state index contributed by atoms with van der Waals surface area (Å²) in [6, 6.07) is 0. The Balaban J connectivity index is 3.68. The standard InChI is InChI=1S/C23H32O2/c1-3-4-5-6-7-8-9-10-11-12-13-14-15-16-17-18-19-20-22(2)21-23(24)25/h4-5,7-8,10-11,13-14,17-21H,3,6,9,12,15-16H2,1-2H3,(H,24,25)/b5-4-,8-7?,11-10?,14-13-,18-17+,20-19+,22-21+. The average molecular weight is 341 g/mol. The number of aliphatic carboxylic acids is 1. The normalized spacial score (nSPS) is 13.8. The van der Waals surface area contributed by atoms with Gasteiger partial charge in [0.15, 0.2) is 0 Å². The maximum atomic E-state index is 10.4. The van der Waals surface area contributed by atoms with Gasteiger partial charge in [-0.05, 0) is 51.0 Å². The van der Waals surface area contributed by atoms with Crippen LogP contribution in [-0.4, -0.2) is 11.1 Å². The van der Waals surface area contributed by atoms with Crippen LogP contribution in [0, 0.1) is 0 Å². The summed E-state index contributed by atoms with van der Waals surface area (Å²) >= 11 is 0. The number of unbranched alkanes of at least 4 members (excludes halogenated alkanes) is 1. The molecule has 0 fully saturated rings. The zero-order valence-electron chi connectivity index (χ0n) is 15.6. The maximum Gasteiger partial charge on any atom is 0.328 e. The first-order valence-electron chi connectivity index (χ1n) is 9.01. The molecule has 0 aliphatic carbocycles. The van der Waals surface area contributed by atoms with Crippen LogP contribution in [0.15, 0.2) is 84.6 Å². The molecule has 2 heteroatoms. The minimum Gasteiger partial charge on any atom is -0.478 e. The van der Waals surface area contributed by atoms with Gasteiger partial charge in [-0.25, -0.2) is 4.79 Å². The highest BCUT2D eigenvalue weighted by Gasteiger charge is 1.87. The Kier molecular flexibility index (Phi) is 16.3. The van der Waals surface area contributed by atoms with Crippen molar-refractivity contribution in [3.8, 4) is 0 Å². The molecule has 0 aliphatic heterocycles. The average Bonchev–Trinajstić information content (AvgIpc) is 2.57. The van der Waals surface area contributed by atoms with Crippen LogP contribution in [0.5, 0.6) is 0 Å². The van der Waals surface area contributed by atoms with Crippen molar-refractivity contribution in [3.05, 3.63) is 84.6 Å². The monoisotopic (exact) mass is 340 g/mol. The molecular weight excluding hydrogens is 308 g/mol. The molecule has 0 bridgehead atoms. The van der Waals surface area contributed by atoms with Gasteiger partial charge in [-0.3, -0.25) is 0 Å². The summed E-state index contributed by atoms with van der Waals surface area (Å²) in [5.41, 5.74) is 0.733. The Labute approximate surface area is 153 Å². The minimum atomic E-state index is -0.912. The molecule has 0 rings (SSSR count). The molecule has 0 heterocycles. The summed E-state index contributed by atoms with van der Waals surface area (Å²) in [6.45, 7) is 3.92. The number of hydrogen-bond donors (Lipinski definition) is 1. The molecule has 0 aromatic heterocycles. The van der Waals surface area contributed by atoms with E-state index in [0.29, 0.717) is 0 Å². The zero-order valence-corrected chi connectivity index (χ0v) is 15.6. The highest BCUT2D eigenvalue weighted by atomic mass is 16.4. The van der Waals surface area contributed by atoms with Gasteiger partial charge in [0.1, 0.15) is 0 Å². The van der Waals surface area contributed by atoms with E-state index in [2.05, 4.69) is 61.6 Å². The van der Waals surface area contributed by atoms with E-state index in [-0.39, 0.29) is 0 Å². The predicted molar refractivity (Wildman–Crippen MR) is 110 cm³/mol. The lowest BCUT2D eigenvalue weighted by atomic mass is 10.2. The highest BCUT2D eigenvalue weighted by Crippen LogP contribution is 1.99. The largest absolute Gasteiger partial charge is 0.478 e. The Hall–Kier alpha value is -2.35. The first-order valence-corrected chi connectivity index (χ1v) is 9.01. The lowest BCUT2D eigenvalue weighted by Gasteiger charge is -1.88. The molecule has 2 nitrogen and oxygen atoms in total. The van der Waals surface area contributed by atoms with Gasteiger partial charge >= 0.3 is 5.97 Å². The van der Waals surface area contributed by atoms with Crippen molar-refractivity contribution in [1.82, 2.24) is 0 Å². The van der Waals surface area contributed by atoms with E-state index < -0.39 is 5.97 Å². The van der Waals surface area contributed by atoms with Gasteiger partial charge in [-0.2, -0.15) is 0 Å². The molecule has 0 aromatic carbocycles. The van der Waals surface area contributed by atoms with Gasteiger partial charge in [0.25, 0.3) is 0 Å². The van der Waals surface area contributed by atoms with E-state index in [1.165, 1.54) is 6.08 Å². The second-order valence-corrected chi connectivity index (χ2v) is 5.59. The number of allylic oxidation sites excluding steroid dienone is 13. The van der Waals surface area contributed by atoms with Gasteiger partial charge < -0.3 is 5.11 Å². The maximum absolute atomic E-state index is 10.4. The Morgan fingerprint density at radius 1 is 0.760 bits per heavy atom. The van der Waals surface area contributed by atoms with Crippen molar-refractivity contribution in [2.24, 2.45) is 0 Å². The summed E-state index contributed by atoms with van der Waals surface area (Å²) < 4.78 is 0. The molecule has 0 radical (unpaired) electrons. The molecule has 0 unspecified atom stereocenters. The van der Waals surface area contributed by atoms with Crippen molar-refractivity contribution in [2.75, 3.05) is 0 Å². The van der Waals surface area contributed by atoms with Crippen molar-refractivity contribution < 1.29 is 9.90 Å². The number of carbonyl (C=O) groups is 1. The molecular formula is C23H32O2. The summed E-state index contributed by atoms with van der Waals surface area (Å²) in [4.78, 5) is 10.4. The topological polar surface area (TPSA) is 37.3 Å². The van der Waals surface area contributed by atoms with Crippen LogP contribution in [0.4, 0.5) is 0 Å². The van der Waals surface area contributed by atoms with Gasteiger partial charge in [-0.15, -0.1) is 0 Å². The van der Waals surface area contributed by atoms with Crippen molar-refractivity contribution in [2.45, 2.75) is 52.4 Å². The predicted octanol–water partition coefficient (Wildman–Crippen LogP) is 6.72.